The molecule has 0 saturated heterocycles. The lowest BCUT2D eigenvalue weighted by Crippen LogP contribution is -2.16. The molecule has 2 rings (SSSR count). The van der Waals surface area contributed by atoms with Crippen molar-refractivity contribution in [3.8, 4) is 0 Å². The largest absolute Gasteiger partial charge is 0.394 e. The van der Waals surface area contributed by atoms with Gasteiger partial charge in [-0.25, -0.2) is 0 Å². The Labute approximate surface area is 115 Å². The number of aliphatic hydroxyl groups is 1. The number of hydrogen-bond acceptors (Lipinski definition) is 2. The normalized spacial score (nSPS) is 12.2. The van der Waals surface area contributed by atoms with Crippen molar-refractivity contribution >= 4 is 5.69 Å². The smallest absolute Gasteiger partial charge is 0.0747 e. The van der Waals surface area contributed by atoms with Crippen LogP contribution in [0.1, 0.15) is 28.3 Å². The highest BCUT2D eigenvalue weighted by Gasteiger charge is 2.13. The summed E-state index contributed by atoms with van der Waals surface area (Å²) >= 11 is 0. The molecule has 2 aromatic rings. The van der Waals surface area contributed by atoms with E-state index < -0.39 is 0 Å². The van der Waals surface area contributed by atoms with Gasteiger partial charge in [-0.1, -0.05) is 30.3 Å². The van der Waals surface area contributed by atoms with Gasteiger partial charge in [0.05, 0.1) is 12.6 Å². The van der Waals surface area contributed by atoms with Gasteiger partial charge in [-0.15, -0.1) is 0 Å². The van der Waals surface area contributed by atoms with Crippen molar-refractivity contribution in [2.75, 3.05) is 11.9 Å². The number of anilines is 1. The summed E-state index contributed by atoms with van der Waals surface area (Å²) in [4.78, 5) is 0. The van der Waals surface area contributed by atoms with Crippen LogP contribution in [0.4, 0.5) is 5.69 Å². The van der Waals surface area contributed by atoms with Gasteiger partial charge >= 0.3 is 0 Å². The maximum atomic E-state index is 9.66. The van der Waals surface area contributed by atoms with Crippen LogP contribution in [0.3, 0.4) is 0 Å². The van der Waals surface area contributed by atoms with E-state index in [1.54, 1.807) is 0 Å². The summed E-state index contributed by atoms with van der Waals surface area (Å²) < 4.78 is 0. The Kier molecular flexibility index (Phi) is 4.23. The van der Waals surface area contributed by atoms with E-state index in [2.05, 4.69) is 38.2 Å². The van der Waals surface area contributed by atoms with E-state index in [0.717, 1.165) is 11.3 Å². The summed E-state index contributed by atoms with van der Waals surface area (Å²) in [5.74, 6) is 0. The number of hydrogen-bond donors (Lipinski definition) is 2. The van der Waals surface area contributed by atoms with Crippen LogP contribution in [0.15, 0.2) is 42.5 Å². The summed E-state index contributed by atoms with van der Waals surface area (Å²) in [6.45, 7) is 6.40. The van der Waals surface area contributed by atoms with Crippen LogP contribution >= 0.6 is 0 Å². The first kappa shape index (κ1) is 13.6. The first-order chi connectivity index (χ1) is 9.11. The molecule has 0 aliphatic rings. The molecule has 100 valence electrons. The molecule has 2 heteroatoms. The molecule has 2 N–H and O–H groups in total. The van der Waals surface area contributed by atoms with Crippen molar-refractivity contribution in [3.05, 3.63) is 64.7 Å². The molecule has 0 radical (unpaired) electrons. The minimum absolute atomic E-state index is 0.0679. The van der Waals surface area contributed by atoms with Gasteiger partial charge in [0, 0.05) is 5.69 Å². The predicted molar refractivity (Wildman–Crippen MR) is 80.5 cm³/mol. The second kappa shape index (κ2) is 5.89. The second-order valence-corrected chi connectivity index (χ2v) is 5.04. The number of para-hydroxylation sites is 1. The lowest BCUT2D eigenvalue weighted by molar-refractivity contribution is 0.276. The summed E-state index contributed by atoms with van der Waals surface area (Å²) in [5, 5.41) is 13.0. The first-order valence-electron chi connectivity index (χ1n) is 6.62. The minimum Gasteiger partial charge on any atom is -0.394 e. The van der Waals surface area contributed by atoms with E-state index in [1.165, 1.54) is 16.7 Å². The second-order valence-electron chi connectivity index (χ2n) is 5.04. The molecule has 0 aliphatic carbocycles. The molecule has 1 atom stereocenters. The van der Waals surface area contributed by atoms with Gasteiger partial charge in [0.25, 0.3) is 0 Å². The van der Waals surface area contributed by atoms with E-state index >= 15 is 0 Å². The molecule has 0 aromatic heterocycles. The molecule has 0 amide bonds. The highest BCUT2D eigenvalue weighted by molar-refractivity contribution is 5.47. The number of aliphatic hydroxyl groups excluding tert-OH is 1. The average molecular weight is 255 g/mol. The standard InChI is InChI=1S/C17H21NO/c1-12-9-14(3)16(10-13(12)2)17(11-19)18-15-7-5-4-6-8-15/h4-10,17-19H,11H2,1-3H3. The molecular weight excluding hydrogens is 234 g/mol. The van der Waals surface area contributed by atoms with Gasteiger partial charge in [0.15, 0.2) is 0 Å². The van der Waals surface area contributed by atoms with Gasteiger partial charge in [0.2, 0.25) is 0 Å². The van der Waals surface area contributed by atoms with Crippen molar-refractivity contribution in [1.82, 2.24) is 0 Å². The molecule has 1 unspecified atom stereocenters. The van der Waals surface area contributed by atoms with Crippen LogP contribution in [0, 0.1) is 20.8 Å². The van der Waals surface area contributed by atoms with Gasteiger partial charge in [-0.2, -0.15) is 0 Å². The van der Waals surface area contributed by atoms with Crippen molar-refractivity contribution in [3.63, 3.8) is 0 Å². The quantitative estimate of drug-likeness (QED) is 0.872. The van der Waals surface area contributed by atoms with Crippen molar-refractivity contribution < 1.29 is 5.11 Å². The first-order valence-corrected chi connectivity index (χ1v) is 6.62. The summed E-state index contributed by atoms with van der Waals surface area (Å²) in [7, 11) is 0. The Hall–Kier alpha value is -1.80. The molecule has 0 bridgehead atoms. The fraction of sp³-hybridized carbons (Fsp3) is 0.294. The van der Waals surface area contributed by atoms with E-state index in [-0.39, 0.29) is 12.6 Å². The Bertz CT molecular complexity index is 549. The van der Waals surface area contributed by atoms with E-state index in [0.29, 0.717) is 0 Å². The van der Waals surface area contributed by atoms with E-state index in [1.807, 2.05) is 30.3 Å². The molecule has 2 nitrogen and oxygen atoms in total. The Morgan fingerprint density at radius 2 is 1.58 bits per heavy atom. The Balaban J connectivity index is 2.30. The topological polar surface area (TPSA) is 32.3 Å². The predicted octanol–water partition coefficient (Wildman–Crippen LogP) is 3.76. The number of benzene rings is 2. The fourth-order valence-electron chi connectivity index (χ4n) is 2.32. The maximum absolute atomic E-state index is 9.66. The van der Waals surface area contributed by atoms with Crippen LogP contribution in [0.2, 0.25) is 0 Å². The lowest BCUT2D eigenvalue weighted by atomic mass is 9.96. The van der Waals surface area contributed by atoms with Gasteiger partial charge in [-0.3, -0.25) is 0 Å². The zero-order chi connectivity index (χ0) is 13.8. The molecule has 0 spiro atoms. The molecule has 0 saturated carbocycles. The highest BCUT2D eigenvalue weighted by atomic mass is 16.3. The van der Waals surface area contributed by atoms with Crippen LogP contribution in [-0.2, 0) is 0 Å². The monoisotopic (exact) mass is 255 g/mol. The summed E-state index contributed by atoms with van der Waals surface area (Å²) in [5.41, 5.74) is 5.95. The maximum Gasteiger partial charge on any atom is 0.0747 e. The Morgan fingerprint density at radius 1 is 0.947 bits per heavy atom. The molecule has 0 heterocycles. The molecule has 2 aromatic carbocycles. The highest BCUT2D eigenvalue weighted by Crippen LogP contribution is 2.24. The number of rotatable bonds is 4. The van der Waals surface area contributed by atoms with Crippen molar-refractivity contribution in [2.24, 2.45) is 0 Å². The van der Waals surface area contributed by atoms with E-state index in [9.17, 15) is 5.11 Å². The van der Waals surface area contributed by atoms with Crippen molar-refractivity contribution in [2.45, 2.75) is 26.8 Å². The van der Waals surface area contributed by atoms with Crippen LogP contribution in [0.25, 0.3) is 0 Å². The zero-order valence-electron chi connectivity index (χ0n) is 11.8. The van der Waals surface area contributed by atoms with Crippen LogP contribution < -0.4 is 5.32 Å². The fourth-order valence-corrected chi connectivity index (χ4v) is 2.32. The number of nitrogens with one attached hydrogen (secondary N) is 1. The van der Waals surface area contributed by atoms with Gasteiger partial charge in [-0.05, 0) is 55.2 Å². The van der Waals surface area contributed by atoms with Crippen molar-refractivity contribution in [1.29, 1.82) is 0 Å². The third-order valence-corrected chi connectivity index (χ3v) is 3.56. The summed E-state index contributed by atoms with van der Waals surface area (Å²) in [6, 6.07) is 14.3. The zero-order valence-corrected chi connectivity index (χ0v) is 11.8. The van der Waals surface area contributed by atoms with Crippen LogP contribution in [0.5, 0.6) is 0 Å². The Morgan fingerprint density at radius 3 is 2.21 bits per heavy atom. The third-order valence-electron chi connectivity index (χ3n) is 3.56. The summed E-state index contributed by atoms with van der Waals surface area (Å²) in [6.07, 6.45) is 0. The minimum atomic E-state index is -0.0679. The molecule has 0 fully saturated rings. The molecule has 0 aliphatic heterocycles. The average Bonchev–Trinajstić information content (AvgIpc) is 2.42. The van der Waals surface area contributed by atoms with Gasteiger partial charge in [0.1, 0.15) is 0 Å². The SMILES string of the molecule is Cc1cc(C)c(C(CO)Nc2ccccc2)cc1C. The lowest BCUT2D eigenvalue weighted by Gasteiger charge is -2.21. The van der Waals surface area contributed by atoms with E-state index in [4.69, 9.17) is 0 Å². The number of aryl methyl sites for hydroxylation is 3. The van der Waals surface area contributed by atoms with Crippen LogP contribution in [-0.4, -0.2) is 11.7 Å². The molecule has 19 heavy (non-hydrogen) atoms. The third kappa shape index (κ3) is 3.15. The molecular formula is C17H21NO. The van der Waals surface area contributed by atoms with Gasteiger partial charge < -0.3 is 10.4 Å².